The zero-order valence-electron chi connectivity index (χ0n) is 9.90. The molecule has 0 radical (unpaired) electrons. The fourth-order valence-corrected chi connectivity index (χ4v) is 1.28. The Labute approximate surface area is 110 Å². The quantitative estimate of drug-likeness (QED) is 0.420. The number of phenols is 1. The Hall–Kier alpha value is -1.50. The highest BCUT2D eigenvalue weighted by molar-refractivity contribution is 6.31. The monoisotopic (exact) mass is 274 g/mol. The first-order valence-corrected chi connectivity index (χ1v) is 5.61. The summed E-state index contributed by atoms with van der Waals surface area (Å²) in [5.74, 6) is -0.0603. The van der Waals surface area contributed by atoms with Gasteiger partial charge in [0.25, 0.3) is 0 Å². The summed E-state index contributed by atoms with van der Waals surface area (Å²) in [4.78, 5) is 11.4. The minimum atomic E-state index is -0.495. The molecule has 0 spiro atoms. The van der Waals surface area contributed by atoms with Crippen LogP contribution in [0.15, 0.2) is 18.2 Å². The molecule has 6 nitrogen and oxygen atoms in total. The van der Waals surface area contributed by atoms with Crippen LogP contribution in [0.1, 0.15) is 0 Å². The van der Waals surface area contributed by atoms with E-state index < -0.39 is 6.03 Å². The number of phenolic OH excluding ortho intramolecular Hbond substituents is 1. The molecule has 1 aromatic rings. The number of ether oxygens (including phenoxy) is 2. The molecule has 1 rings (SSSR count). The predicted octanol–water partition coefficient (Wildman–Crippen LogP) is 1.79. The van der Waals surface area contributed by atoms with Crippen molar-refractivity contribution in [3.63, 3.8) is 0 Å². The van der Waals surface area contributed by atoms with Gasteiger partial charge in [-0.15, -0.1) is 0 Å². The fraction of sp³-hybridized carbons (Fsp3) is 0.364. The van der Waals surface area contributed by atoms with Crippen LogP contribution < -0.4 is 10.6 Å². The normalized spacial score (nSPS) is 10.1. The summed E-state index contributed by atoms with van der Waals surface area (Å²) in [6.07, 6.45) is 0. The van der Waals surface area contributed by atoms with Crippen molar-refractivity contribution in [3.05, 3.63) is 23.2 Å². The molecule has 0 saturated heterocycles. The van der Waals surface area contributed by atoms with Gasteiger partial charge in [-0.05, 0) is 18.2 Å². The second-order valence-corrected chi connectivity index (χ2v) is 3.77. The summed E-state index contributed by atoms with van der Waals surface area (Å²) in [7, 11) is 1.56. The average Bonchev–Trinajstić information content (AvgIpc) is 2.33. The molecule has 100 valence electrons. The van der Waals surface area contributed by atoms with Crippen molar-refractivity contribution in [2.45, 2.75) is 0 Å². The molecule has 0 aliphatic rings. The molecule has 0 atom stereocenters. The number of benzene rings is 1. The van der Waals surface area contributed by atoms with Crippen molar-refractivity contribution in [1.29, 1.82) is 0 Å². The van der Waals surface area contributed by atoms with E-state index in [1.54, 1.807) is 7.11 Å². The topological polar surface area (TPSA) is 79.8 Å². The molecule has 1 aromatic carbocycles. The van der Waals surface area contributed by atoms with E-state index in [4.69, 9.17) is 21.1 Å². The molecule has 3 N–H and O–H groups in total. The third-order valence-corrected chi connectivity index (χ3v) is 2.21. The Morgan fingerprint density at radius 2 is 2.22 bits per heavy atom. The molecule has 7 heteroatoms. The van der Waals surface area contributed by atoms with Gasteiger partial charge in [0.1, 0.15) is 12.5 Å². The van der Waals surface area contributed by atoms with Crippen LogP contribution in [0.25, 0.3) is 0 Å². The molecule has 2 amide bonds. The molecular formula is C11H15ClN2O4. The second-order valence-electron chi connectivity index (χ2n) is 3.34. The number of aromatic hydroxyl groups is 1. The summed E-state index contributed by atoms with van der Waals surface area (Å²) >= 11 is 5.74. The number of carbonyl (C=O) groups is 1. The van der Waals surface area contributed by atoms with E-state index in [9.17, 15) is 9.90 Å². The predicted molar refractivity (Wildman–Crippen MR) is 68.0 cm³/mol. The molecule has 0 saturated carbocycles. The van der Waals surface area contributed by atoms with E-state index >= 15 is 0 Å². The van der Waals surface area contributed by atoms with Gasteiger partial charge >= 0.3 is 6.03 Å². The molecular weight excluding hydrogens is 260 g/mol. The van der Waals surface area contributed by atoms with Crippen LogP contribution in [0, 0.1) is 0 Å². The smallest absolute Gasteiger partial charge is 0.321 e. The average molecular weight is 275 g/mol. The van der Waals surface area contributed by atoms with Gasteiger partial charge in [0.2, 0.25) is 0 Å². The van der Waals surface area contributed by atoms with Gasteiger partial charge in [-0.2, -0.15) is 0 Å². The second kappa shape index (κ2) is 7.75. The van der Waals surface area contributed by atoms with Crippen LogP contribution in [-0.2, 0) is 9.47 Å². The van der Waals surface area contributed by atoms with Gasteiger partial charge in [-0.1, -0.05) is 11.6 Å². The number of halogens is 1. The number of anilines is 1. The Morgan fingerprint density at radius 1 is 1.44 bits per heavy atom. The zero-order chi connectivity index (χ0) is 13.4. The van der Waals surface area contributed by atoms with Crippen LogP contribution >= 0.6 is 11.6 Å². The van der Waals surface area contributed by atoms with Gasteiger partial charge in [0.05, 0.1) is 18.9 Å². The number of carbonyl (C=O) groups excluding carboxylic acids is 1. The number of nitrogens with one attached hydrogen (secondary N) is 2. The highest BCUT2D eigenvalue weighted by Crippen LogP contribution is 2.26. The van der Waals surface area contributed by atoms with Gasteiger partial charge in [-0.3, -0.25) is 0 Å². The third kappa shape index (κ3) is 5.22. The third-order valence-electron chi connectivity index (χ3n) is 1.97. The van der Waals surface area contributed by atoms with Gasteiger partial charge in [0.15, 0.2) is 0 Å². The van der Waals surface area contributed by atoms with Crippen molar-refractivity contribution < 1.29 is 19.4 Å². The standard InChI is InChI=1S/C11H15ClN2O4/c1-17-4-5-18-7-13-11(16)14-9-6-8(12)2-3-10(9)15/h2-3,6,15H,4-5,7H2,1H3,(H2,13,14,16). The Kier molecular flexibility index (Phi) is 6.27. The molecule has 0 aromatic heterocycles. The van der Waals surface area contributed by atoms with Crippen LogP contribution in [0.3, 0.4) is 0 Å². The van der Waals surface area contributed by atoms with Crippen LogP contribution in [-0.4, -0.2) is 38.2 Å². The number of urea groups is 1. The lowest BCUT2D eigenvalue weighted by atomic mass is 10.3. The van der Waals surface area contributed by atoms with Crippen molar-refractivity contribution in [2.24, 2.45) is 0 Å². The van der Waals surface area contributed by atoms with Crippen molar-refractivity contribution in [1.82, 2.24) is 5.32 Å². The summed E-state index contributed by atoms with van der Waals surface area (Å²) in [5.41, 5.74) is 0.233. The van der Waals surface area contributed by atoms with Gasteiger partial charge < -0.3 is 25.2 Å². The van der Waals surface area contributed by atoms with Crippen molar-refractivity contribution in [2.75, 3.05) is 32.4 Å². The van der Waals surface area contributed by atoms with E-state index in [0.29, 0.717) is 18.2 Å². The summed E-state index contributed by atoms with van der Waals surface area (Å²) in [6, 6.07) is 3.87. The molecule has 0 aliphatic carbocycles. The molecule has 0 unspecified atom stereocenters. The van der Waals surface area contributed by atoms with E-state index in [1.807, 2.05) is 0 Å². The summed E-state index contributed by atoms with van der Waals surface area (Å²) < 4.78 is 9.82. The van der Waals surface area contributed by atoms with Crippen LogP contribution in [0.5, 0.6) is 5.75 Å². The highest BCUT2D eigenvalue weighted by Gasteiger charge is 2.06. The molecule has 0 heterocycles. The number of amides is 2. The molecule has 0 bridgehead atoms. The first-order chi connectivity index (χ1) is 8.63. The molecule has 18 heavy (non-hydrogen) atoms. The number of rotatable bonds is 6. The van der Waals surface area contributed by atoms with E-state index in [1.165, 1.54) is 18.2 Å². The molecule has 0 aliphatic heterocycles. The van der Waals surface area contributed by atoms with E-state index in [2.05, 4.69) is 10.6 Å². The maximum absolute atomic E-state index is 11.4. The lowest BCUT2D eigenvalue weighted by molar-refractivity contribution is 0.0650. The lowest BCUT2D eigenvalue weighted by Crippen LogP contribution is -2.31. The maximum Gasteiger partial charge on any atom is 0.321 e. The van der Waals surface area contributed by atoms with Gasteiger partial charge in [0, 0.05) is 12.1 Å². The summed E-state index contributed by atoms with van der Waals surface area (Å²) in [5, 5.41) is 14.8. The zero-order valence-corrected chi connectivity index (χ0v) is 10.7. The Morgan fingerprint density at radius 3 is 2.94 bits per heavy atom. The molecule has 0 fully saturated rings. The largest absolute Gasteiger partial charge is 0.506 e. The first-order valence-electron chi connectivity index (χ1n) is 5.23. The van der Waals surface area contributed by atoms with Crippen LogP contribution in [0.2, 0.25) is 5.02 Å². The minimum Gasteiger partial charge on any atom is -0.506 e. The van der Waals surface area contributed by atoms with Crippen molar-refractivity contribution in [3.8, 4) is 5.75 Å². The Balaban J connectivity index is 2.33. The van der Waals surface area contributed by atoms with Crippen molar-refractivity contribution >= 4 is 23.3 Å². The van der Waals surface area contributed by atoms with E-state index in [0.717, 1.165) is 0 Å². The van der Waals surface area contributed by atoms with Gasteiger partial charge in [-0.25, -0.2) is 4.79 Å². The number of methoxy groups -OCH3 is 1. The maximum atomic E-state index is 11.4. The lowest BCUT2D eigenvalue weighted by Gasteiger charge is -2.09. The Bertz CT molecular complexity index is 401. The highest BCUT2D eigenvalue weighted by atomic mass is 35.5. The minimum absolute atomic E-state index is 0.0521. The van der Waals surface area contributed by atoms with Crippen LogP contribution in [0.4, 0.5) is 10.5 Å². The number of hydrogen-bond donors (Lipinski definition) is 3. The number of hydrogen-bond acceptors (Lipinski definition) is 4. The SMILES string of the molecule is COCCOCNC(=O)Nc1cc(Cl)ccc1O. The fourth-order valence-electron chi connectivity index (χ4n) is 1.11. The summed E-state index contributed by atoms with van der Waals surface area (Å²) in [6.45, 7) is 0.897. The van der Waals surface area contributed by atoms with E-state index in [-0.39, 0.29) is 18.2 Å². The first kappa shape index (κ1) is 14.6.